The summed E-state index contributed by atoms with van der Waals surface area (Å²) in [6, 6.07) is 5.13. The van der Waals surface area contributed by atoms with E-state index in [1.165, 1.54) is 6.07 Å². The highest BCUT2D eigenvalue weighted by Crippen LogP contribution is 2.30. The Balaban J connectivity index is 1.60. The minimum Gasteiger partial charge on any atom is -0.343 e. The van der Waals surface area contributed by atoms with Crippen LogP contribution in [0.25, 0.3) is 0 Å². The van der Waals surface area contributed by atoms with Crippen LogP contribution >= 0.6 is 0 Å². The molecule has 6 nitrogen and oxygen atoms in total. The van der Waals surface area contributed by atoms with E-state index in [9.17, 15) is 18.0 Å². The van der Waals surface area contributed by atoms with Crippen LogP contribution in [0.2, 0.25) is 0 Å². The van der Waals surface area contributed by atoms with Gasteiger partial charge in [0, 0.05) is 26.1 Å². The maximum atomic E-state index is 12.9. The molecule has 1 fully saturated rings. The normalized spacial score (nSPS) is 17.8. The Morgan fingerprint density at radius 1 is 1.30 bits per heavy atom. The molecule has 1 aromatic carbocycles. The summed E-state index contributed by atoms with van der Waals surface area (Å²) in [4.78, 5) is 20.9. The van der Waals surface area contributed by atoms with Crippen molar-refractivity contribution in [3.05, 3.63) is 47.1 Å². The van der Waals surface area contributed by atoms with Crippen molar-refractivity contribution >= 4 is 5.91 Å². The summed E-state index contributed by atoms with van der Waals surface area (Å²) < 4.78 is 43.9. The predicted molar refractivity (Wildman–Crippen MR) is 104 cm³/mol. The summed E-state index contributed by atoms with van der Waals surface area (Å²) in [6.45, 7) is 7.27. The Hall–Kier alpha value is -2.42. The van der Waals surface area contributed by atoms with E-state index < -0.39 is 11.7 Å². The predicted octanol–water partition coefficient (Wildman–Crippen LogP) is 3.76. The van der Waals surface area contributed by atoms with Gasteiger partial charge in [0.25, 0.3) is 0 Å². The van der Waals surface area contributed by atoms with E-state index in [1.54, 1.807) is 6.07 Å². The van der Waals surface area contributed by atoms with Crippen LogP contribution < -0.4 is 0 Å². The zero-order chi connectivity index (χ0) is 21.7. The summed E-state index contributed by atoms with van der Waals surface area (Å²) in [5, 5.41) is 3.91. The molecule has 1 saturated heterocycles. The van der Waals surface area contributed by atoms with E-state index in [0.29, 0.717) is 43.5 Å². The van der Waals surface area contributed by atoms with E-state index in [-0.39, 0.29) is 18.2 Å². The fourth-order valence-corrected chi connectivity index (χ4v) is 3.85. The monoisotopic (exact) mass is 424 g/mol. The number of hydrogen-bond donors (Lipinski definition) is 0. The van der Waals surface area contributed by atoms with Gasteiger partial charge in [0.2, 0.25) is 11.8 Å². The van der Waals surface area contributed by atoms with Crippen LogP contribution in [0.5, 0.6) is 0 Å². The molecular weight excluding hydrogens is 397 g/mol. The van der Waals surface area contributed by atoms with E-state index in [0.717, 1.165) is 31.5 Å². The summed E-state index contributed by atoms with van der Waals surface area (Å²) in [7, 11) is 0. The molecule has 0 radical (unpaired) electrons. The summed E-state index contributed by atoms with van der Waals surface area (Å²) in [5.41, 5.74) is -0.221. The van der Waals surface area contributed by atoms with Crippen LogP contribution in [0.1, 0.15) is 49.5 Å². The maximum absolute atomic E-state index is 12.9. The van der Waals surface area contributed by atoms with Crippen molar-refractivity contribution in [2.45, 2.75) is 45.8 Å². The number of benzene rings is 1. The number of rotatable bonds is 7. The fourth-order valence-electron chi connectivity index (χ4n) is 3.85. The van der Waals surface area contributed by atoms with Gasteiger partial charge in [-0.05, 0) is 44.9 Å². The van der Waals surface area contributed by atoms with Crippen molar-refractivity contribution in [3.63, 3.8) is 0 Å². The van der Waals surface area contributed by atoms with Gasteiger partial charge in [-0.15, -0.1) is 0 Å². The van der Waals surface area contributed by atoms with Crippen molar-refractivity contribution < 1.29 is 22.5 Å². The molecule has 1 aliphatic heterocycles. The van der Waals surface area contributed by atoms with Crippen molar-refractivity contribution in [1.29, 1.82) is 0 Å². The lowest BCUT2D eigenvalue weighted by Gasteiger charge is -2.33. The molecule has 9 heteroatoms. The first-order chi connectivity index (χ1) is 14.3. The van der Waals surface area contributed by atoms with E-state index in [1.807, 2.05) is 18.7 Å². The number of carbonyl (C=O) groups excluding carboxylic acids is 1. The lowest BCUT2D eigenvalue weighted by molar-refractivity contribution is -0.138. The number of piperidine rings is 1. The molecule has 1 unspecified atom stereocenters. The molecule has 2 heterocycles. The van der Waals surface area contributed by atoms with Crippen LogP contribution in [0.3, 0.4) is 0 Å². The third-order valence-corrected chi connectivity index (χ3v) is 5.42. The second kappa shape index (κ2) is 9.59. The number of hydrogen-bond acceptors (Lipinski definition) is 5. The summed E-state index contributed by atoms with van der Waals surface area (Å²) >= 11 is 0. The van der Waals surface area contributed by atoms with Crippen molar-refractivity contribution in [2.75, 3.05) is 26.2 Å². The number of alkyl halides is 3. The van der Waals surface area contributed by atoms with E-state index in [4.69, 9.17) is 4.52 Å². The van der Waals surface area contributed by atoms with Crippen molar-refractivity contribution in [3.8, 4) is 0 Å². The Morgan fingerprint density at radius 2 is 2.07 bits per heavy atom. The second-order valence-corrected chi connectivity index (χ2v) is 7.56. The average molecular weight is 424 g/mol. The number of carbonyl (C=O) groups is 1. The second-order valence-electron chi connectivity index (χ2n) is 7.56. The van der Waals surface area contributed by atoms with Crippen LogP contribution in [-0.4, -0.2) is 52.0 Å². The highest BCUT2D eigenvalue weighted by Gasteiger charge is 2.31. The molecule has 1 aliphatic rings. The quantitative estimate of drug-likeness (QED) is 0.677. The minimum atomic E-state index is -4.38. The highest BCUT2D eigenvalue weighted by atomic mass is 19.4. The SMILES string of the molecule is CCN(CC)C(=O)C1CCCN(Cc2nc(Cc3cccc(C(F)(F)F)c3)no2)C1. The molecule has 2 aromatic rings. The van der Waals surface area contributed by atoms with Gasteiger partial charge in [0.05, 0.1) is 18.0 Å². The van der Waals surface area contributed by atoms with Gasteiger partial charge < -0.3 is 9.42 Å². The van der Waals surface area contributed by atoms with E-state index >= 15 is 0 Å². The zero-order valence-corrected chi connectivity index (χ0v) is 17.3. The van der Waals surface area contributed by atoms with Crippen LogP contribution in [0.4, 0.5) is 13.2 Å². The first kappa shape index (κ1) is 22.3. The minimum absolute atomic E-state index is 0.0360. The van der Waals surface area contributed by atoms with Crippen LogP contribution in [0, 0.1) is 5.92 Å². The molecule has 0 N–H and O–H groups in total. The highest BCUT2D eigenvalue weighted by molar-refractivity contribution is 5.79. The third-order valence-electron chi connectivity index (χ3n) is 5.42. The molecule has 0 spiro atoms. The third kappa shape index (κ3) is 5.59. The number of aromatic nitrogens is 2. The Morgan fingerprint density at radius 3 is 2.77 bits per heavy atom. The fraction of sp³-hybridized carbons (Fsp3) is 0.571. The van der Waals surface area contributed by atoms with Crippen LogP contribution in [0.15, 0.2) is 28.8 Å². The van der Waals surface area contributed by atoms with Crippen molar-refractivity contribution in [2.24, 2.45) is 5.92 Å². The number of amides is 1. The first-order valence-electron chi connectivity index (χ1n) is 10.3. The Labute approximate surface area is 174 Å². The molecule has 1 amide bonds. The van der Waals surface area contributed by atoms with E-state index in [2.05, 4.69) is 15.0 Å². The van der Waals surface area contributed by atoms with Crippen molar-refractivity contribution in [1.82, 2.24) is 19.9 Å². The summed E-state index contributed by atoms with van der Waals surface area (Å²) in [6.07, 6.45) is -2.43. The Bertz CT molecular complexity index is 849. The number of halogens is 3. The van der Waals surface area contributed by atoms with Gasteiger partial charge in [-0.25, -0.2) is 0 Å². The van der Waals surface area contributed by atoms with Gasteiger partial charge in [-0.1, -0.05) is 23.4 Å². The molecule has 0 saturated carbocycles. The standard InChI is InChI=1S/C21H27F3N4O2/c1-3-28(4-2)20(29)16-8-6-10-27(13-16)14-19-25-18(26-30-19)12-15-7-5-9-17(11-15)21(22,23)24/h5,7,9,11,16H,3-4,6,8,10,12-14H2,1-2H3. The molecular formula is C21H27F3N4O2. The molecule has 3 rings (SSSR count). The lowest BCUT2D eigenvalue weighted by atomic mass is 9.96. The largest absolute Gasteiger partial charge is 0.416 e. The maximum Gasteiger partial charge on any atom is 0.416 e. The first-order valence-corrected chi connectivity index (χ1v) is 10.3. The van der Waals surface area contributed by atoms with Crippen LogP contribution in [-0.2, 0) is 23.9 Å². The zero-order valence-electron chi connectivity index (χ0n) is 17.3. The number of nitrogens with zero attached hydrogens (tertiary/aromatic N) is 4. The Kier molecular flexibility index (Phi) is 7.12. The smallest absolute Gasteiger partial charge is 0.343 e. The lowest BCUT2D eigenvalue weighted by Crippen LogP contribution is -2.44. The van der Waals surface area contributed by atoms with Gasteiger partial charge in [-0.2, -0.15) is 18.2 Å². The molecule has 164 valence electrons. The topological polar surface area (TPSA) is 62.5 Å². The molecule has 0 aliphatic carbocycles. The van der Waals surface area contributed by atoms with Gasteiger partial charge in [0.15, 0.2) is 5.82 Å². The average Bonchev–Trinajstić information content (AvgIpc) is 3.15. The molecule has 0 bridgehead atoms. The molecule has 1 atom stereocenters. The number of likely N-dealkylation sites (tertiary alicyclic amines) is 1. The van der Waals surface area contributed by atoms with Gasteiger partial charge >= 0.3 is 6.18 Å². The van der Waals surface area contributed by atoms with Gasteiger partial charge in [-0.3, -0.25) is 9.69 Å². The molecule has 1 aromatic heterocycles. The summed E-state index contributed by atoms with van der Waals surface area (Å²) in [5.74, 6) is 0.900. The van der Waals surface area contributed by atoms with Gasteiger partial charge in [0.1, 0.15) is 0 Å². The molecule has 30 heavy (non-hydrogen) atoms.